The van der Waals surface area contributed by atoms with Crippen molar-refractivity contribution in [1.82, 2.24) is 9.55 Å². The molecule has 1 aliphatic rings. The normalized spacial score (nSPS) is 16.1. The Balaban J connectivity index is 1.45. The van der Waals surface area contributed by atoms with E-state index in [1.54, 1.807) is 7.11 Å². The van der Waals surface area contributed by atoms with E-state index in [0.717, 1.165) is 35.7 Å². The lowest BCUT2D eigenvalue weighted by atomic mass is 10.1. The minimum absolute atomic E-state index is 0.102. The summed E-state index contributed by atoms with van der Waals surface area (Å²) in [7, 11) is 1.65. The van der Waals surface area contributed by atoms with Gasteiger partial charge in [0.25, 0.3) is 0 Å². The minimum Gasteiger partial charge on any atom is -0.497 e. The highest BCUT2D eigenvalue weighted by molar-refractivity contribution is 5.96. The van der Waals surface area contributed by atoms with Gasteiger partial charge in [0.05, 0.1) is 18.1 Å². The van der Waals surface area contributed by atoms with Gasteiger partial charge >= 0.3 is 0 Å². The molecule has 0 spiro atoms. The van der Waals surface area contributed by atoms with Crippen LogP contribution in [0, 0.1) is 0 Å². The molecule has 0 aliphatic carbocycles. The van der Waals surface area contributed by atoms with Crippen LogP contribution < -0.4 is 9.64 Å². The number of ether oxygens (including phenoxy) is 1. The summed E-state index contributed by atoms with van der Waals surface area (Å²) in [6.07, 6.45) is 10.9. The summed E-state index contributed by atoms with van der Waals surface area (Å²) < 4.78 is 7.73. The maximum absolute atomic E-state index is 12.9. The van der Waals surface area contributed by atoms with Crippen LogP contribution >= 0.6 is 0 Å². The van der Waals surface area contributed by atoms with Crippen molar-refractivity contribution in [2.45, 2.75) is 77.2 Å². The number of nitrogens with zero attached hydrogens (tertiary/aromatic N) is 3. The Morgan fingerprint density at radius 2 is 1.73 bits per heavy atom. The van der Waals surface area contributed by atoms with Crippen LogP contribution in [-0.2, 0) is 11.3 Å². The van der Waals surface area contributed by atoms with Gasteiger partial charge in [0.2, 0.25) is 5.91 Å². The lowest BCUT2D eigenvalue weighted by Gasteiger charge is -2.18. The van der Waals surface area contributed by atoms with Crippen LogP contribution in [-0.4, -0.2) is 29.1 Å². The summed E-state index contributed by atoms with van der Waals surface area (Å²) in [5.74, 6) is 2.08. The largest absolute Gasteiger partial charge is 0.497 e. The second-order valence-electron chi connectivity index (χ2n) is 9.19. The van der Waals surface area contributed by atoms with E-state index >= 15 is 0 Å². The SMILES string of the molecule is CCCCCCCCCCn1c([C@@H]2CC(=O)N(c3cccc(OC)c3)C2)nc2ccccc21. The molecule has 0 unspecified atom stereocenters. The van der Waals surface area contributed by atoms with Gasteiger partial charge in [0.15, 0.2) is 0 Å². The van der Waals surface area contributed by atoms with E-state index in [0.29, 0.717) is 13.0 Å². The molecule has 1 atom stereocenters. The Hall–Kier alpha value is -2.82. The fraction of sp³-hybridized carbons (Fsp3) is 0.500. The van der Waals surface area contributed by atoms with E-state index in [1.807, 2.05) is 35.2 Å². The molecule has 2 heterocycles. The number of benzene rings is 2. The Morgan fingerprint density at radius 3 is 2.52 bits per heavy atom. The number of para-hydroxylation sites is 2. The average molecular weight is 448 g/mol. The van der Waals surface area contributed by atoms with Gasteiger partial charge in [-0.25, -0.2) is 4.98 Å². The van der Waals surface area contributed by atoms with E-state index in [9.17, 15) is 4.79 Å². The number of fused-ring (bicyclic) bond motifs is 1. The third-order valence-electron chi connectivity index (χ3n) is 6.77. The van der Waals surface area contributed by atoms with Crippen LogP contribution in [0.1, 0.15) is 76.5 Å². The number of rotatable bonds is 12. The third-order valence-corrected chi connectivity index (χ3v) is 6.77. The Morgan fingerprint density at radius 1 is 0.970 bits per heavy atom. The van der Waals surface area contributed by atoms with Crippen molar-refractivity contribution in [3.63, 3.8) is 0 Å². The number of carbonyl (C=O) groups is 1. The van der Waals surface area contributed by atoms with Gasteiger partial charge in [-0.1, -0.05) is 70.1 Å². The highest BCUT2D eigenvalue weighted by Crippen LogP contribution is 2.34. The van der Waals surface area contributed by atoms with Crippen molar-refractivity contribution in [2.75, 3.05) is 18.6 Å². The number of methoxy groups -OCH3 is 1. The summed E-state index contributed by atoms with van der Waals surface area (Å²) in [6, 6.07) is 16.1. The molecule has 2 aromatic carbocycles. The highest BCUT2D eigenvalue weighted by Gasteiger charge is 2.34. The number of imidazole rings is 1. The molecule has 33 heavy (non-hydrogen) atoms. The molecule has 5 nitrogen and oxygen atoms in total. The molecule has 0 N–H and O–H groups in total. The Labute approximate surface area is 197 Å². The van der Waals surface area contributed by atoms with Crippen LogP contribution in [0.15, 0.2) is 48.5 Å². The fourth-order valence-electron chi connectivity index (χ4n) is 4.95. The van der Waals surface area contributed by atoms with Crippen molar-refractivity contribution in [3.8, 4) is 5.75 Å². The van der Waals surface area contributed by atoms with Crippen LogP contribution in [0.3, 0.4) is 0 Å². The van der Waals surface area contributed by atoms with Crippen LogP contribution in [0.2, 0.25) is 0 Å². The van der Waals surface area contributed by atoms with Crippen molar-refractivity contribution in [1.29, 1.82) is 0 Å². The van der Waals surface area contributed by atoms with Crippen molar-refractivity contribution < 1.29 is 9.53 Å². The first-order chi connectivity index (χ1) is 16.2. The second-order valence-corrected chi connectivity index (χ2v) is 9.19. The lowest BCUT2D eigenvalue weighted by Crippen LogP contribution is -2.24. The lowest BCUT2D eigenvalue weighted by molar-refractivity contribution is -0.117. The maximum atomic E-state index is 12.9. The minimum atomic E-state index is 0.102. The number of anilines is 1. The maximum Gasteiger partial charge on any atom is 0.227 e. The molecule has 1 aromatic heterocycles. The van der Waals surface area contributed by atoms with E-state index in [4.69, 9.17) is 9.72 Å². The summed E-state index contributed by atoms with van der Waals surface area (Å²) in [5.41, 5.74) is 3.11. The van der Waals surface area contributed by atoms with Crippen molar-refractivity contribution >= 4 is 22.6 Å². The third kappa shape index (κ3) is 5.58. The molecule has 1 fully saturated rings. The van der Waals surface area contributed by atoms with Gasteiger partial charge in [-0.05, 0) is 30.7 Å². The molecule has 0 saturated carbocycles. The highest BCUT2D eigenvalue weighted by atomic mass is 16.5. The second kappa shape index (κ2) is 11.4. The quantitative estimate of drug-likeness (QED) is 0.290. The first-order valence-electron chi connectivity index (χ1n) is 12.6. The molecule has 1 aliphatic heterocycles. The first-order valence-corrected chi connectivity index (χ1v) is 12.6. The monoisotopic (exact) mass is 447 g/mol. The average Bonchev–Trinajstić information content (AvgIpc) is 3.41. The number of amides is 1. The molecule has 176 valence electrons. The number of aryl methyl sites for hydroxylation is 1. The molecular formula is C28H37N3O2. The van der Waals surface area contributed by atoms with E-state index < -0.39 is 0 Å². The molecule has 1 saturated heterocycles. The predicted molar refractivity (Wildman–Crippen MR) is 135 cm³/mol. The van der Waals surface area contributed by atoms with E-state index in [2.05, 4.69) is 29.7 Å². The Kier molecular flexibility index (Phi) is 8.03. The summed E-state index contributed by atoms with van der Waals surface area (Å²) in [6.45, 7) is 3.89. The smallest absolute Gasteiger partial charge is 0.227 e. The number of hydrogen-bond donors (Lipinski definition) is 0. The van der Waals surface area contributed by atoms with Gasteiger partial charge < -0.3 is 14.2 Å². The van der Waals surface area contributed by atoms with E-state index in [1.165, 1.54) is 50.5 Å². The van der Waals surface area contributed by atoms with Gasteiger partial charge in [-0.2, -0.15) is 0 Å². The standard InChI is InChI=1S/C28H37N3O2/c1-3-4-5-6-7-8-9-12-18-30-26-17-11-10-16-25(26)29-28(30)22-19-27(32)31(21-22)23-14-13-15-24(20-23)33-2/h10-11,13-17,20,22H,3-9,12,18-19,21H2,1-2H3/t22-/m1/s1. The summed E-state index contributed by atoms with van der Waals surface area (Å²) in [5, 5.41) is 0. The van der Waals surface area contributed by atoms with Crippen LogP contribution in [0.5, 0.6) is 5.75 Å². The number of carbonyl (C=O) groups excluding carboxylic acids is 1. The first kappa shape index (κ1) is 23.3. The number of unbranched alkanes of at least 4 members (excludes halogenated alkanes) is 7. The van der Waals surface area contributed by atoms with Crippen LogP contribution in [0.25, 0.3) is 11.0 Å². The molecule has 1 amide bonds. The Bertz CT molecular complexity index is 1060. The van der Waals surface area contributed by atoms with Crippen molar-refractivity contribution in [2.24, 2.45) is 0 Å². The fourth-order valence-corrected chi connectivity index (χ4v) is 4.95. The van der Waals surface area contributed by atoms with E-state index in [-0.39, 0.29) is 11.8 Å². The van der Waals surface area contributed by atoms with Crippen LogP contribution in [0.4, 0.5) is 5.69 Å². The topological polar surface area (TPSA) is 47.4 Å². The summed E-state index contributed by atoms with van der Waals surface area (Å²) >= 11 is 0. The zero-order valence-corrected chi connectivity index (χ0v) is 20.1. The molecule has 4 rings (SSSR count). The molecule has 0 radical (unpaired) electrons. The molecule has 0 bridgehead atoms. The van der Waals surface area contributed by atoms with Crippen molar-refractivity contribution in [3.05, 3.63) is 54.4 Å². The zero-order valence-electron chi connectivity index (χ0n) is 20.1. The summed E-state index contributed by atoms with van der Waals surface area (Å²) in [4.78, 5) is 19.8. The molecule has 5 heteroatoms. The van der Waals surface area contributed by atoms with Gasteiger partial charge in [-0.3, -0.25) is 4.79 Å². The van der Waals surface area contributed by atoms with Gasteiger partial charge in [0, 0.05) is 37.2 Å². The zero-order chi connectivity index (χ0) is 23.0. The molecular weight excluding hydrogens is 410 g/mol. The van der Waals surface area contributed by atoms with Gasteiger partial charge in [0.1, 0.15) is 11.6 Å². The molecule has 3 aromatic rings. The predicted octanol–water partition coefficient (Wildman–Crippen LogP) is 6.71. The van der Waals surface area contributed by atoms with Gasteiger partial charge in [-0.15, -0.1) is 0 Å². The number of hydrogen-bond acceptors (Lipinski definition) is 3. The number of aromatic nitrogens is 2.